The van der Waals surface area contributed by atoms with Crippen molar-refractivity contribution in [3.05, 3.63) is 90.3 Å². The molecule has 2 aliphatic heterocycles. The fourth-order valence-corrected chi connectivity index (χ4v) is 5.83. The van der Waals surface area contributed by atoms with Crippen LogP contribution in [0.2, 0.25) is 0 Å². The van der Waals surface area contributed by atoms with Gasteiger partial charge in [-0.2, -0.15) is 0 Å². The topological polar surface area (TPSA) is 81.6 Å². The average Bonchev–Trinajstić information content (AvgIpc) is 3.58. The number of para-hydroxylation sites is 1. The quantitative estimate of drug-likeness (QED) is 0.311. The lowest BCUT2D eigenvalue weighted by molar-refractivity contribution is -0.122. The average molecular weight is 505 g/mol. The van der Waals surface area contributed by atoms with Gasteiger partial charge in [-0.3, -0.25) is 9.59 Å². The Morgan fingerprint density at radius 2 is 1.92 bits per heavy atom. The first-order chi connectivity index (χ1) is 18.4. The molecule has 0 atom stereocenters. The first-order valence-corrected chi connectivity index (χ1v) is 12.9. The molecule has 190 valence electrons. The van der Waals surface area contributed by atoms with Gasteiger partial charge in [0.2, 0.25) is 5.91 Å². The molecule has 2 N–H and O–H groups in total. The van der Waals surface area contributed by atoms with Crippen molar-refractivity contribution in [2.45, 2.75) is 19.3 Å². The summed E-state index contributed by atoms with van der Waals surface area (Å²) in [5.41, 5.74) is 5.42. The number of benzene rings is 3. The lowest BCUT2D eigenvalue weighted by Gasteiger charge is -2.42. The van der Waals surface area contributed by atoms with Crippen LogP contribution in [0.4, 0.5) is 17.1 Å². The Balaban J connectivity index is 1.10. The summed E-state index contributed by atoms with van der Waals surface area (Å²) in [6, 6.07) is 21.7. The summed E-state index contributed by atoms with van der Waals surface area (Å²) in [7, 11) is 0. The van der Waals surface area contributed by atoms with Gasteiger partial charge >= 0.3 is 0 Å². The van der Waals surface area contributed by atoms with Gasteiger partial charge in [0.15, 0.2) is 0 Å². The number of aromatic nitrogens is 1. The van der Waals surface area contributed by atoms with Crippen LogP contribution in [0.3, 0.4) is 0 Å². The zero-order chi connectivity index (χ0) is 26.0. The second-order valence-electron chi connectivity index (χ2n) is 10.9. The van der Waals surface area contributed by atoms with E-state index < -0.39 is 5.41 Å². The molecule has 0 saturated carbocycles. The normalized spacial score (nSPS) is 16.7. The molecule has 7 nitrogen and oxygen atoms in total. The number of nitrogens with one attached hydrogen (secondary N) is 2. The van der Waals surface area contributed by atoms with Crippen molar-refractivity contribution in [1.82, 2.24) is 4.98 Å². The standard InChI is InChI=1S/C31H28N4O3/c1-31(2)24-10-8-21(29(36)33-26-15-32-25-6-4-3-5-23(25)26)13-27(24)35(30(31)37)18-19-16-34(17-19)22-9-7-20-11-12-38-28(20)14-22/h3-15,19,32H,16-18H2,1-2H3,(H,33,36). The van der Waals surface area contributed by atoms with E-state index >= 15 is 0 Å². The molecule has 1 saturated heterocycles. The summed E-state index contributed by atoms with van der Waals surface area (Å²) < 4.78 is 5.56. The van der Waals surface area contributed by atoms with Crippen molar-refractivity contribution < 1.29 is 14.0 Å². The molecule has 7 rings (SSSR count). The molecule has 0 radical (unpaired) electrons. The predicted octanol–water partition coefficient (Wildman–Crippen LogP) is 5.93. The molecule has 3 aromatic carbocycles. The van der Waals surface area contributed by atoms with Gasteiger partial charge in [-0.15, -0.1) is 0 Å². The minimum absolute atomic E-state index is 0.0807. The zero-order valence-corrected chi connectivity index (χ0v) is 21.3. The van der Waals surface area contributed by atoms with Gasteiger partial charge in [0.1, 0.15) is 5.58 Å². The van der Waals surface area contributed by atoms with E-state index in [9.17, 15) is 9.59 Å². The molecular weight excluding hydrogens is 476 g/mol. The monoisotopic (exact) mass is 504 g/mol. The summed E-state index contributed by atoms with van der Waals surface area (Å²) in [5.74, 6) is 0.228. The Hall–Kier alpha value is -4.52. The number of H-pyrrole nitrogens is 1. The van der Waals surface area contributed by atoms with Gasteiger partial charge in [0, 0.05) is 71.0 Å². The number of carbonyl (C=O) groups excluding carboxylic acids is 2. The molecule has 4 heterocycles. The number of furan rings is 1. The molecule has 2 aromatic heterocycles. The molecule has 0 aliphatic carbocycles. The molecule has 2 amide bonds. The van der Waals surface area contributed by atoms with Gasteiger partial charge in [-0.05, 0) is 55.8 Å². The summed E-state index contributed by atoms with van der Waals surface area (Å²) in [5, 5.41) is 5.08. The van der Waals surface area contributed by atoms with Crippen LogP contribution in [0, 0.1) is 5.92 Å². The van der Waals surface area contributed by atoms with Crippen molar-refractivity contribution >= 4 is 50.7 Å². The van der Waals surface area contributed by atoms with Crippen LogP contribution in [0.15, 0.2) is 83.6 Å². The minimum Gasteiger partial charge on any atom is -0.464 e. The molecule has 38 heavy (non-hydrogen) atoms. The number of hydrogen-bond acceptors (Lipinski definition) is 4. The molecule has 0 spiro atoms. The first kappa shape index (κ1) is 22.7. The summed E-state index contributed by atoms with van der Waals surface area (Å²) in [4.78, 5) is 34.1. The summed E-state index contributed by atoms with van der Waals surface area (Å²) in [6.07, 6.45) is 3.52. The largest absolute Gasteiger partial charge is 0.464 e. The number of carbonyl (C=O) groups is 2. The highest BCUT2D eigenvalue weighted by molar-refractivity contribution is 6.12. The zero-order valence-electron chi connectivity index (χ0n) is 21.3. The van der Waals surface area contributed by atoms with E-state index in [4.69, 9.17) is 4.42 Å². The molecule has 2 aliphatic rings. The second kappa shape index (κ2) is 8.25. The number of anilines is 3. The van der Waals surface area contributed by atoms with Crippen molar-refractivity contribution in [2.24, 2.45) is 5.92 Å². The highest BCUT2D eigenvalue weighted by Crippen LogP contribution is 2.43. The third-order valence-corrected chi connectivity index (χ3v) is 8.04. The Labute approximate surface area is 220 Å². The second-order valence-corrected chi connectivity index (χ2v) is 10.9. The smallest absolute Gasteiger partial charge is 0.255 e. The predicted molar refractivity (Wildman–Crippen MR) is 150 cm³/mol. The SMILES string of the molecule is CC1(C)C(=O)N(CC2CN(c3ccc4ccoc4c3)C2)c2cc(C(=O)Nc3c[nH]c4ccccc34)ccc21. The number of fused-ring (bicyclic) bond motifs is 3. The van der Waals surface area contributed by atoms with Crippen LogP contribution in [0.25, 0.3) is 21.9 Å². The number of aromatic amines is 1. The van der Waals surface area contributed by atoms with Crippen molar-refractivity contribution in [3.8, 4) is 0 Å². The summed E-state index contributed by atoms with van der Waals surface area (Å²) >= 11 is 0. The lowest BCUT2D eigenvalue weighted by Crippen LogP contribution is -2.53. The van der Waals surface area contributed by atoms with E-state index in [0.717, 1.165) is 57.6 Å². The van der Waals surface area contributed by atoms with E-state index in [1.165, 1.54) is 0 Å². The molecule has 0 bridgehead atoms. The van der Waals surface area contributed by atoms with Crippen LogP contribution in [0.5, 0.6) is 0 Å². The fraction of sp³-hybridized carbons (Fsp3) is 0.226. The lowest BCUT2D eigenvalue weighted by atomic mass is 9.86. The van der Waals surface area contributed by atoms with E-state index in [1.54, 1.807) is 12.5 Å². The van der Waals surface area contributed by atoms with Crippen LogP contribution in [-0.2, 0) is 10.2 Å². The van der Waals surface area contributed by atoms with Gasteiger partial charge in [-0.1, -0.05) is 24.3 Å². The molecule has 1 fully saturated rings. The first-order valence-electron chi connectivity index (χ1n) is 12.9. The maximum Gasteiger partial charge on any atom is 0.255 e. The van der Waals surface area contributed by atoms with Gasteiger partial charge in [0.05, 0.1) is 17.4 Å². The highest BCUT2D eigenvalue weighted by atomic mass is 16.3. The van der Waals surface area contributed by atoms with Gasteiger partial charge in [0.25, 0.3) is 5.91 Å². The van der Waals surface area contributed by atoms with Gasteiger partial charge < -0.3 is 24.5 Å². The molecule has 0 unspecified atom stereocenters. The van der Waals surface area contributed by atoms with Crippen LogP contribution >= 0.6 is 0 Å². The van der Waals surface area contributed by atoms with Crippen LogP contribution < -0.4 is 15.1 Å². The Morgan fingerprint density at radius 3 is 2.79 bits per heavy atom. The Kier molecular flexibility index (Phi) is 4.92. The van der Waals surface area contributed by atoms with Crippen LogP contribution in [0.1, 0.15) is 29.8 Å². The van der Waals surface area contributed by atoms with E-state index in [2.05, 4.69) is 33.4 Å². The van der Waals surface area contributed by atoms with Crippen molar-refractivity contribution in [3.63, 3.8) is 0 Å². The maximum atomic E-state index is 13.5. The maximum absolute atomic E-state index is 13.5. The Morgan fingerprint density at radius 1 is 1.08 bits per heavy atom. The van der Waals surface area contributed by atoms with Gasteiger partial charge in [-0.25, -0.2) is 0 Å². The van der Waals surface area contributed by atoms with E-state index in [0.29, 0.717) is 18.0 Å². The number of amides is 2. The summed E-state index contributed by atoms with van der Waals surface area (Å²) in [6.45, 7) is 6.29. The van der Waals surface area contributed by atoms with Crippen LogP contribution in [-0.4, -0.2) is 36.4 Å². The fourth-order valence-electron chi connectivity index (χ4n) is 5.83. The van der Waals surface area contributed by atoms with Crippen molar-refractivity contribution in [2.75, 3.05) is 34.8 Å². The number of nitrogens with zero attached hydrogens (tertiary/aromatic N) is 2. The molecular formula is C31H28N4O3. The molecule has 5 aromatic rings. The van der Waals surface area contributed by atoms with Crippen molar-refractivity contribution in [1.29, 1.82) is 0 Å². The highest BCUT2D eigenvalue weighted by Gasteiger charge is 2.45. The number of rotatable bonds is 5. The third-order valence-electron chi connectivity index (χ3n) is 8.04. The minimum atomic E-state index is -0.630. The third kappa shape index (κ3) is 3.49. The number of hydrogen-bond donors (Lipinski definition) is 2. The Bertz CT molecular complexity index is 1720. The van der Waals surface area contributed by atoms with E-state index in [-0.39, 0.29) is 11.8 Å². The van der Waals surface area contributed by atoms with E-state index in [1.807, 2.05) is 67.3 Å². The molecule has 7 heteroatoms.